The first-order chi connectivity index (χ1) is 11.7. The molecule has 0 bridgehead atoms. The molecule has 126 valence electrons. The van der Waals surface area contributed by atoms with Crippen LogP contribution >= 0.6 is 0 Å². The highest BCUT2D eigenvalue weighted by molar-refractivity contribution is 5.45. The smallest absolute Gasteiger partial charge is 0.161 e. The summed E-state index contributed by atoms with van der Waals surface area (Å²) in [5.74, 6) is 2.92. The third kappa shape index (κ3) is 2.89. The quantitative estimate of drug-likeness (QED) is 0.933. The van der Waals surface area contributed by atoms with Crippen LogP contribution in [0.4, 0.5) is 0 Å². The van der Waals surface area contributed by atoms with Crippen molar-refractivity contribution in [2.75, 3.05) is 20.2 Å². The van der Waals surface area contributed by atoms with Gasteiger partial charge >= 0.3 is 0 Å². The number of methoxy groups -OCH3 is 1. The monoisotopic (exact) mass is 323 g/mol. The summed E-state index contributed by atoms with van der Waals surface area (Å²) in [6.07, 6.45) is 2.15. The van der Waals surface area contributed by atoms with E-state index in [1.807, 2.05) is 0 Å². The number of hydrogen-bond acceptors (Lipinski definition) is 3. The lowest BCUT2D eigenvalue weighted by atomic mass is 9.90. The number of benzene rings is 2. The summed E-state index contributed by atoms with van der Waals surface area (Å²) in [6, 6.07) is 15.1. The third-order valence-corrected chi connectivity index (χ3v) is 5.44. The summed E-state index contributed by atoms with van der Waals surface area (Å²) in [5, 5.41) is 3.48. The van der Waals surface area contributed by atoms with Crippen LogP contribution in [0, 0.1) is 5.92 Å². The van der Waals surface area contributed by atoms with Gasteiger partial charge in [0.05, 0.1) is 7.11 Å². The molecule has 1 aliphatic carbocycles. The fourth-order valence-electron chi connectivity index (χ4n) is 4.05. The van der Waals surface area contributed by atoms with Crippen molar-refractivity contribution in [1.82, 2.24) is 5.32 Å². The van der Waals surface area contributed by atoms with E-state index in [1.54, 1.807) is 7.11 Å². The van der Waals surface area contributed by atoms with Gasteiger partial charge in [-0.3, -0.25) is 0 Å². The SMILES string of the molecule is COc1ccc([C@H]2CNC[C@H]2C)cc1OC1Cc2ccccc2C1. The molecule has 0 aromatic heterocycles. The van der Waals surface area contributed by atoms with E-state index in [9.17, 15) is 0 Å². The molecule has 3 heteroatoms. The lowest BCUT2D eigenvalue weighted by Crippen LogP contribution is -2.17. The van der Waals surface area contributed by atoms with Crippen molar-refractivity contribution in [2.45, 2.75) is 31.8 Å². The lowest BCUT2D eigenvalue weighted by molar-refractivity contribution is 0.204. The van der Waals surface area contributed by atoms with Crippen LogP contribution in [0.3, 0.4) is 0 Å². The highest BCUT2D eigenvalue weighted by Crippen LogP contribution is 2.36. The van der Waals surface area contributed by atoms with Gasteiger partial charge in [0.1, 0.15) is 6.10 Å². The second kappa shape index (κ2) is 6.48. The molecule has 2 aromatic carbocycles. The topological polar surface area (TPSA) is 30.5 Å². The molecule has 0 unspecified atom stereocenters. The second-order valence-corrected chi connectivity index (χ2v) is 7.07. The van der Waals surface area contributed by atoms with E-state index in [-0.39, 0.29) is 6.10 Å². The second-order valence-electron chi connectivity index (χ2n) is 7.07. The Hall–Kier alpha value is -2.00. The standard InChI is InChI=1S/C21H25NO2/c1-14-12-22-13-19(14)17-7-8-20(23-2)21(11-17)24-18-9-15-5-3-4-6-16(15)10-18/h3-8,11,14,18-19,22H,9-10,12-13H2,1-2H3/t14-,19+/m1/s1. The highest BCUT2D eigenvalue weighted by Gasteiger charge is 2.27. The maximum atomic E-state index is 6.37. The van der Waals surface area contributed by atoms with Gasteiger partial charge in [-0.2, -0.15) is 0 Å². The normalized spacial score (nSPS) is 23.2. The molecule has 0 spiro atoms. The predicted molar refractivity (Wildman–Crippen MR) is 96.0 cm³/mol. The number of nitrogens with one attached hydrogen (secondary N) is 1. The molecule has 4 rings (SSSR count). The fourth-order valence-corrected chi connectivity index (χ4v) is 4.05. The minimum Gasteiger partial charge on any atom is -0.493 e. The van der Waals surface area contributed by atoms with Crippen LogP contribution < -0.4 is 14.8 Å². The first kappa shape index (κ1) is 15.5. The van der Waals surface area contributed by atoms with Crippen LogP contribution in [0.15, 0.2) is 42.5 Å². The Labute approximate surface area is 144 Å². The van der Waals surface area contributed by atoms with Gasteiger partial charge in [0.25, 0.3) is 0 Å². The molecule has 3 nitrogen and oxygen atoms in total. The Kier molecular flexibility index (Phi) is 4.19. The van der Waals surface area contributed by atoms with Gasteiger partial charge in [-0.05, 0) is 41.3 Å². The van der Waals surface area contributed by atoms with Gasteiger partial charge in [0, 0.05) is 25.3 Å². The largest absolute Gasteiger partial charge is 0.493 e. The van der Waals surface area contributed by atoms with Crippen LogP contribution in [0.1, 0.15) is 29.5 Å². The van der Waals surface area contributed by atoms with Crippen molar-refractivity contribution in [1.29, 1.82) is 0 Å². The first-order valence-corrected chi connectivity index (χ1v) is 8.86. The molecule has 2 atom stereocenters. The lowest BCUT2D eigenvalue weighted by Gasteiger charge is -2.20. The summed E-state index contributed by atoms with van der Waals surface area (Å²) in [5.41, 5.74) is 4.16. The minimum atomic E-state index is 0.200. The number of hydrogen-bond donors (Lipinski definition) is 1. The van der Waals surface area contributed by atoms with Crippen molar-refractivity contribution in [3.63, 3.8) is 0 Å². The Balaban J connectivity index is 1.56. The van der Waals surface area contributed by atoms with Crippen molar-refractivity contribution in [3.05, 3.63) is 59.2 Å². The van der Waals surface area contributed by atoms with Crippen molar-refractivity contribution >= 4 is 0 Å². The van der Waals surface area contributed by atoms with E-state index in [0.29, 0.717) is 11.8 Å². The Morgan fingerprint density at radius 1 is 0.958 bits per heavy atom. The summed E-state index contributed by atoms with van der Waals surface area (Å²) >= 11 is 0. The minimum absolute atomic E-state index is 0.200. The van der Waals surface area contributed by atoms with Crippen LogP contribution in [-0.4, -0.2) is 26.3 Å². The molecule has 1 fully saturated rings. The zero-order chi connectivity index (χ0) is 16.5. The van der Waals surface area contributed by atoms with Gasteiger partial charge in [-0.1, -0.05) is 37.3 Å². The van der Waals surface area contributed by atoms with Gasteiger partial charge in [0.2, 0.25) is 0 Å². The average Bonchev–Trinajstić information content (AvgIpc) is 3.20. The molecule has 2 aliphatic rings. The van der Waals surface area contributed by atoms with Crippen LogP contribution in [0.2, 0.25) is 0 Å². The van der Waals surface area contributed by atoms with Crippen LogP contribution in [0.25, 0.3) is 0 Å². The molecule has 1 saturated heterocycles. The van der Waals surface area contributed by atoms with E-state index in [4.69, 9.17) is 9.47 Å². The molecule has 0 saturated carbocycles. The summed E-state index contributed by atoms with van der Waals surface area (Å²) < 4.78 is 11.9. The fraction of sp³-hybridized carbons (Fsp3) is 0.429. The molecular weight excluding hydrogens is 298 g/mol. The summed E-state index contributed by atoms with van der Waals surface area (Å²) in [6.45, 7) is 4.44. The number of fused-ring (bicyclic) bond motifs is 1. The summed E-state index contributed by atoms with van der Waals surface area (Å²) in [7, 11) is 1.71. The van der Waals surface area contributed by atoms with Crippen molar-refractivity contribution < 1.29 is 9.47 Å². The third-order valence-electron chi connectivity index (χ3n) is 5.44. The summed E-state index contributed by atoms with van der Waals surface area (Å²) in [4.78, 5) is 0. The molecule has 0 amide bonds. The van der Waals surface area contributed by atoms with Gasteiger partial charge in [-0.25, -0.2) is 0 Å². The maximum absolute atomic E-state index is 6.37. The van der Waals surface area contributed by atoms with Crippen molar-refractivity contribution in [3.8, 4) is 11.5 Å². The first-order valence-electron chi connectivity index (χ1n) is 8.86. The molecule has 1 N–H and O–H groups in total. The molecule has 0 radical (unpaired) electrons. The number of rotatable bonds is 4. The zero-order valence-electron chi connectivity index (χ0n) is 14.4. The molecule has 24 heavy (non-hydrogen) atoms. The zero-order valence-corrected chi connectivity index (χ0v) is 14.4. The average molecular weight is 323 g/mol. The van der Waals surface area contributed by atoms with E-state index in [0.717, 1.165) is 37.4 Å². The predicted octanol–water partition coefficient (Wildman–Crippen LogP) is 3.56. The van der Waals surface area contributed by atoms with E-state index < -0.39 is 0 Å². The van der Waals surface area contributed by atoms with E-state index in [2.05, 4.69) is 54.7 Å². The molecule has 1 heterocycles. The van der Waals surface area contributed by atoms with Crippen LogP contribution in [0.5, 0.6) is 11.5 Å². The molecule has 2 aromatic rings. The van der Waals surface area contributed by atoms with Crippen LogP contribution in [-0.2, 0) is 12.8 Å². The van der Waals surface area contributed by atoms with Gasteiger partial charge in [-0.15, -0.1) is 0 Å². The van der Waals surface area contributed by atoms with Crippen molar-refractivity contribution in [2.24, 2.45) is 5.92 Å². The Bertz CT molecular complexity index is 703. The highest BCUT2D eigenvalue weighted by atomic mass is 16.5. The number of ether oxygens (including phenoxy) is 2. The van der Waals surface area contributed by atoms with Gasteiger partial charge < -0.3 is 14.8 Å². The van der Waals surface area contributed by atoms with E-state index >= 15 is 0 Å². The maximum Gasteiger partial charge on any atom is 0.161 e. The Morgan fingerprint density at radius 2 is 1.71 bits per heavy atom. The Morgan fingerprint density at radius 3 is 2.33 bits per heavy atom. The molecular formula is C21H25NO2. The van der Waals surface area contributed by atoms with E-state index in [1.165, 1.54) is 16.7 Å². The molecule has 1 aliphatic heterocycles. The van der Waals surface area contributed by atoms with Gasteiger partial charge in [0.15, 0.2) is 11.5 Å².